The van der Waals surface area contributed by atoms with E-state index in [1.165, 1.54) is 0 Å². The second-order valence-electron chi connectivity index (χ2n) is 9.29. The highest BCUT2D eigenvalue weighted by Crippen LogP contribution is 2.41. The lowest BCUT2D eigenvalue weighted by molar-refractivity contribution is -0.678. The number of halogens is 2. The minimum absolute atomic E-state index is 0.281. The number of rotatable bonds is 15. The maximum atomic E-state index is 11.2. The zero-order valence-corrected chi connectivity index (χ0v) is 27.2. The molecule has 0 unspecified atom stereocenters. The van der Waals surface area contributed by atoms with Crippen LogP contribution in [0.25, 0.3) is 17.2 Å². The van der Waals surface area contributed by atoms with Crippen molar-refractivity contribution < 1.29 is 41.0 Å². The molecule has 0 radical (unpaired) electrons. The van der Waals surface area contributed by atoms with E-state index in [1.807, 2.05) is 53.1 Å². The minimum Gasteiger partial charge on any atom is -0.439 e. The van der Waals surface area contributed by atoms with Crippen molar-refractivity contribution >= 4 is 77.8 Å². The average molecular weight is 735 g/mol. The maximum Gasteiger partial charge on any atom is 0.374 e. The monoisotopic (exact) mass is 733 g/mol. The van der Waals surface area contributed by atoms with Crippen LogP contribution >= 0.6 is 44.8 Å². The lowest BCUT2D eigenvalue weighted by Gasteiger charge is -2.18. The van der Waals surface area contributed by atoms with Gasteiger partial charge < -0.3 is 14.1 Å². The number of unbranched alkanes of at least 4 members (excludes halogenated alkanes) is 2. The topological polar surface area (TPSA) is 112 Å². The van der Waals surface area contributed by atoms with Crippen LogP contribution < -0.4 is 14.2 Å². The number of hydrogen-bond donors (Lipinski definition) is 2. The van der Waals surface area contributed by atoms with Gasteiger partial charge in [-0.1, -0.05) is 43.8 Å². The summed E-state index contributed by atoms with van der Waals surface area (Å²) in [6.07, 6.45) is 7.10. The number of benzene rings is 2. The molecule has 2 aromatic carbocycles. The molecule has 14 heteroatoms. The smallest absolute Gasteiger partial charge is 0.374 e. The minimum atomic E-state index is -4.01. The van der Waals surface area contributed by atoms with Crippen LogP contribution in [0.1, 0.15) is 44.9 Å². The number of allylic oxidation sites excluding steroid dienone is 2. The first-order valence-corrected chi connectivity index (χ1v) is 16.6. The second-order valence-corrected chi connectivity index (χ2v) is 12.8. The van der Waals surface area contributed by atoms with E-state index in [0.29, 0.717) is 56.3 Å². The van der Waals surface area contributed by atoms with Gasteiger partial charge in [-0.3, -0.25) is 4.55 Å². The first-order chi connectivity index (χ1) is 19.7. The molecule has 0 fully saturated rings. The number of anilines is 1. The van der Waals surface area contributed by atoms with Crippen LogP contribution in [0.4, 0.5) is 5.69 Å². The molecular formula is C27H31Br2N2O8S2+. The summed E-state index contributed by atoms with van der Waals surface area (Å²) < 4.78 is 52.0. The van der Waals surface area contributed by atoms with Crippen molar-refractivity contribution in [2.75, 3.05) is 23.8 Å². The molecule has 10 nitrogen and oxygen atoms in total. The van der Waals surface area contributed by atoms with Gasteiger partial charge in [-0.25, -0.2) is 4.89 Å². The summed E-state index contributed by atoms with van der Waals surface area (Å²) in [5, 5.41) is 4.36. The van der Waals surface area contributed by atoms with Crippen LogP contribution in [0.3, 0.4) is 0 Å². The Morgan fingerprint density at radius 1 is 1.12 bits per heavy atom. The number of aryl methyl sites for hydroxylation is 1. The van der Waals surface area contributed by atoms with E-state index in [4.69, 9.17) is 18.6 Å². The Kier molecular flexibility index (Phi) is 11.7. The summed E-state index contributed by atoms with van der Waals surface area (Å²) in [6.45, 7) is 3.61. The SMILES string of the molecule is CCC(/C=C1\Oc2ccc(Br)cc2N1CCCCOOOS)=C\c1oc2ccc(Br)cc2[n+]1CCCCS(=O)(=O)O. The predicted molar refractivity (Wildman–Crippen MR) is 165 cm³/mol. The predicted octanol–water partition coefficient (Wildman–Crippen LogP) is 6.95. The number of ether oxygens (including phenoxy) is 1. The van der Waals surface area contributed by atoms with Gasteiger partial charge in [0.15, 0.2) is 12.3 Å². The third-order valence-electron chi connectivity index (χ3n) is 6.38. The normalized spacial score (nSPS) is 14.7. The quantitative estimate of drug-likeness (QED) is 0.0326. The standard InChI is InChI=1S/C27H30Br2N2O8S2/c1-2-19(15-26-30(11-3-5-13-35-38-39-40)22-17-20(28)7-9-24(22)36-26)16-27-31(12-4-6-14-41(32,33)34)23-18-21(29)8-10-25(23)37-27/h7-10,15-18H,2-6,11-14H2,1H3,(H-,32,33,34,40)/p+1. The van der Waals surface area contributed by atoms with Crippen LogP contribution in [0.5, 0.6) is 5.75 Å². The molecule has 4 rings (SSSR count). The summed E-state index contributed by atoms with van der Waals surface area (Å²) in [5.74, 6) is 1.81. The number of thiol groups is 1. The molecule has 41 heavy (non-hydrogen) atoms. The molecule has 1 N–H and O–H groups in total. The molecule has 0 spiro atoms. The number of aromatic nitrogens is 1. The van der Waals surface area contributed by atoms with E-state index in [0.717, 1.165) is 44.3 Å². The third-order valence-corrected chi connectivity index (χ3v) is 8.23. The van der Waals surface area contributed by atoms with E-state index in [2.05, 4.69) is 66.0 Å². The van der Waals surface area contributed by atoms with Crippen molar-refractivity contribution in [2.24, 2.45) is 0 Å². The van der Waals surface area contributed by atoms with Crippen LogP contribution in [-0.2, 0) is 30.9 Å². The molecule has 1 aromatic heterocycles. The third kappa shape index (κ3) is 9.04. The second kappa shape index (κ2) is 15.0. The van der Waals surface area contributed by atoms with E-state index in [1.54, 1.807) is 0 Å². The van der Waals surface area contributed by atoms with Crippen molar-refractivity contribution in [2.45, 2.75) is 45.6 Å². The Bertz CT molecular complexity index is 1520. The lowest BCUT2D eigenvalue weighted by Crippen LogP contribution is -2.35. The van der Waals surface area contributed by atoms with Gasteiger partial charge in [0.25, 0.3) is 15.6 Å². The van der Waals surface area contributed by atoms with E-state index in [9.17, 15) is 8.42 Å². The fraction of sp³-hybridized carbons (Fsp3) is 0.370. The number of oxazole rings is 1. The van der Waals surface area contributed by atoms with Crippen LogP contribution in [-0.4, -0.2) is 31.9 Å². The van der Waals surface area contributed by atoms with Crippen molar-refractivity contribution in [3.05, 3.63) is 68.8 Å². The van der Waals surface area contributed by atoms with E-state index >= 15 is 0 Å². The van der Waals surface area contributed by atoms with Crippen molar-refractivity contribution in [3.8, 4) is 5.75 Å². The highest BCUT2D eigenvalue weighted by molar-refractivity contribution is 9.10. The number of fused-ring (bicyclic) bond motifs is 2. The van der Waals surface area contributed by atoms with Gasteiger partial charge in [0.1, 0.15) is 0 Å². The Balaban J connectivity index is 1.61. The molecule has 0 saturated carbocycles. The van der Waals surface area contributed by atoms with Gasteiger partial charge in [-0.05, 0) is 61.6 Å². The van der Waals surface area contributed by atoms with Crippen molar-refractivity contribution in [3.63, 3.8) is 0 Å². The van der Waals surface area contributed by atoms with E-state index < -0.39 is 10.1 Å². The lowest BCUT2D eigenvalue weighted by atomic mass is 10.1. The van der Waals surface area contributed by atoms with Gasteiger partial charge in [0, 0.05) is 47.0 Å². The Labute approximate surface area is 261 Å². The summed E-state index contributed by atoms with van der Waals surface area (Å²) in [4.78, 5) is 6.99. The van der Waals surface area contributed by atoms with Gasteiger partial charge in [0.05, 0.1) is 24.1 Å². The number of hydrogen-bond acceptors (Lipinski definition) is 9. The van der Waals surface area contributed by atoms with Gasteiger partial charge in [-0.2, -0.15) is 13.0 Å². The molecule has 0 saturated heterocycles. The van der Waals surface area contributed by atoms with Gasteiger partial charge in [-0.15, -0.1) is 4.33 Å². The maximum absolute atomic E-state index is 11.2. The summed E-state index contributed by atoms with van der Waals surface area (Å²) in [6, 6.07) is 11.7. The Morgan fingerprint density at radius 2 is 1.90 bits per heavy atom. The Morgan fingerprint density at radius 3 is 2.66 bits per heavy atom. The van der Waals surface area contributed by atoms with Crippen LogP contribution in [0, 0.1) is 0 Å². The molecule has 2 heterocycles. The zero-order valence-electron chi connectivity index (χ0n) is 22.3. The molecule has 1 aliphatic heterocycles. The molecular weight excluding hydrogens is 704 g/mol. The molecule has 0 aliphatic carbocycles. The molecule has 0 amide bonds. The van der Waals surface area contributed by atoms with Crippen LogP contribution in [0.15, 0.2) is 67.3 Å². The fourth-order valence-electron chi connectivity index (χ4n) is 4.43. The first kappa shape index (κ1) is 32.0. The largest absolute Gasteiger partial charge is 0.439 e. The summed E-state index contributed by atoms with van der Waals surface area (Å²) in [7, 11) is -4.01. The first-order valence-electron chi connectivity index (χ1n) is 13.0. The highest BCUT2D eigenvalue weighted by atomic mass is 79.9. The summed E-state index contributed by atoms with van der Waals surface area (Å²) in [5.41, 5.74) is 3.53. The highest BCUT2D eigenvalue weighted by Gasteiger charge is 2.27. The average Bonchev–Trinajstić information content (AvgIpc) is 3.43. The summed E-state index contributed by atoms with van der Waals surface area (Å²) >= 11 is 10.6. The van der Waals surface area contributed by atoms with Gasteiger partial charge >= 0.3 is 5.89 Å². The number of nitrogens with zero attached hydrogens (tertiary/aromatic N) is 2. The Hall–Kier alpha value is -1.91. The van der Waals surface area contributed by atoms with Crippen molar-refractivity contribution in [1.82, 2.24) is 0 Å². The van der Waals surface area contributed by atoms with Crippen LogP contribution in [0.2, 0.25) is 0 Å². The van der Waals surface area contributed by atoms with Crippen molar-refractivity contribution in [1.29, 1.82) is 0 Å². The molecule has 1 aliphatic rings. The zero-order chi connectivity index (χ0) is 29.4. The van der Waals surface area contributed by atoms with E-state index in [-0.39, 0.29) is 5.75 Å². The molecule has 3 aromatic rings. The fourth-order valence-corrected chi connectivity index (χ4v) is 5.74. The molecule has 222 valence electrons. The molecule has 0 bridgehead atoms. The van der Waals surface area contributed by atoms with Gasteiger partial charge in [0.2, 0.25) is 11.5 Å². The molecule has 0 atom stereocenters.